The number of anilines is 2. The molecular weight excluding hydrogens is 448 g/mol. The number of hydrogen-bond donors (Lipinski definition) is 2. The first-order valence-electron chi connectivity index (χ1n) is 9.88. The van der Waals surface area contributed by atoms with Crippen molar-refractivity contribution in [1.29, 1.82) is 0 Å². The van der Waals surface area contributed by atoms with Crippen LogP contribution in [-0.4, -0.2) is 44.4 Å². The van der Waals surface area contributed by atoms with E-state index in [0.29, 0.717) is 28.9 Å². The molecule has 0 aliphatic heterocycles. The minimum absolute atomic E-state index is 0.0553. The van der Waals surface area contributed by atoms with Crippen LogP contribution in [0.1, 0.15) is 13.8 Å². The Morgan fingerprint density at radius 1 is 1.15 bits per heavy atom. The van der Waals surface area contributed by atoms with Gasteiger partial charge in [0.2, 0.25) is 11.8 Å². The Hall–Kier alpha value is -3.93. The molecule has 0 atom stereocenters. The number of thioether (sulfide) groups is 1. The molecule has 0 aliphatic rings. The molecule has 0 aliphatic carbocycles. The molecule has 0 unspecified atom stereocenters. The summed E-state index contributed by atoms with van der Waals surface area (Å²) in [7, 11) is 1.37. The Labute approximate surface area is 193 Å². The number of benzene rings is 2. The van der Waals surface area contributed by atoms with Gasteiger partial charge >= 0.3 is 0 Å². The van der Waals surface area contributed by atoms with Crippen molar-refractivity contribution >= 4 is 40.6 Å². The first-order chi connectivity index (χ1) is 15.8. The van der Waals surface area contributed by atoms with E-state index in [0.717, 1.165) is 5.56 Å². The molecule has 2 aromatic carbocycles. The number of amides is 2. The fourth-order valence-electron chi connectivity index (χ4n) is 3.01. The molecule has 0 radical (unpaired) electrons. The summed E-state index contributed by atoms with van der Waals surface area (Å²) in [6, 6.07) is 11.2. The van der Waals surface area contributed by atoms with Gasteiger partial charge in [0.05, 0.1) is 29.5 Å². The largest absolute Gasteiger partial charge is 0.494 e. The van der Waals surface area contributed by atoms with Gasteiger partial charge < -0.3 is 19.9 Å². The summed E-state index contributed by atoms with van der Waals surface area (Å²) in [6.07, 6.45) is 0. The number of carbonyl (C=O) groups excluding carboxylic acids is 2. The Balaban J connectivity index is 1.68. The molecule has 0 saturated carbocycles. The Morgan fingerprint density at radius 2 is 1.88 bits per heavy atom. The molecule has 172 valence electrons. The summed E-state index contributed by atoms with van der Waals surface area (Å²) in [5.41, 5.74) is 1.71. The lowest BCUT2D eigenvalue weighted by molar-refractivity contribution is -0.384. The maximum Gasteiger partial charge on any atom is 0.273 e. The Kier molecular flexibility index (Phi) is 7.61. The standard InChI is InChI=1S/C21H22N6O5S/c1-4-26-20(14-5-7-15(8-6-14)22-13(2)28)24-25-21(26)33-12-19(29)23-17-10-9-16(27(30)31)11-18(17)32-3/h5-11H,4,12H2,1-3H3,(H,22,28)(H,23,29). The van der Waals surface area contributed by atoms with Crippen molar-refractivity contribution in [3.8, 4) is 17.1 Å². The van der Waals surface area contributed by atoms with E-state index in [2.05, 4.69) is 20.8 Å². The topological polar surface area (TPSA) is 141 Å². The van der Waals surface area contributed by atoms with Crippen molar-refractivity contribution in [3.63, 3.8) is 0 Å². The monoisotopic (exact) mass is 470 g/mol. The van der Waals surface area contributed by atoms with Crippen LogP contribution in [0.15, 0.2) is 47.6 Å². The van der Waals surface area contributed by atoms with E-state index >= 15 is 0 Å². The summed E-state index contributed by atoms with van der Waals surface area (Å²) in [5.74, 6) is 0.428. The first kappa shape index (κ1) is 23.7. The summed E-state index contributed by atoms with van der Waals surface area (Å²) >= 11 is 1.22. The number of hydrogen-bond acceptors (Lipinski definition) is 8. The third-order valence-electron chi connectivity index (χ3n) is 4.50. The summed E-state index contributed by atoms with van der Waals surface area (Å²) in [4.78, 5) is 34.0. The number of rotatable bonds is 9. The number of methoxy groups -OCH3 is 1. The maximum atomic E-state index is 12.5. The number of non-ortho nitro benzene ring substituents is 1. The summed E-state index contributed by atoms with van der Waals surface area (Å²) in [6.45, 7) is 3.99. The lowest BCUT2D eigenvalue weighted by Crippen LogP contribution is -2.15. The van der Waals surface area contributed by atoms with Crippen LogP contribution in [0.4, 0.5) is 17.1 Å². The number of aromatic nitrogens is 3. The zero-order valence-electron chi connectivity index (χ0n) is 18.2. The normalized spacial score (nSPS) is 10.5. The highest BCUT2D eigenvalue weighted by atomic mass is 32.2. The minimum atomic E-state index is -0.535. The first-order valence-corrected chi connectivity index (χ1v) is 10.9. The van der Waals surface area contributed by atoms with E-state index in [4.69, 9.17) is 4.74 Å². The van der Waals surface area contributed by atoms with Crippen molar-refractivity contribution in [2.45, 2.75) is 25.5 Å². The van der Waals surface area contributed by atoms with Gasteiger partial charge in [0.25, 0.3) is 5.69 Å². The molecular formula is C21H22N6O5S. The number of nitrogens with one attached hydrogen (secondary N) is 2. The van der Waals surface area contributed by atoms with Crippen molar-refractivity contribution in [3.05, 3.63) is 52.6 Å². The summed E-state index contributed by atoms with van der Waals surface area (Å²) in [5, 5.41) is 25.4. The zero-order valence-corrected chi connectivity index (χ0v) is 19.0. The van der Waals surface area contributed by atoms with Crippen LogP contribution in [0.5, 0.6) is 5.75 Å². The smallest absolute Gasteiger partial charge is 0.273 e. The van der Waals surface area contributed by atoms with Crippen molar-refractivity contribution in [2.75, 3.05) is 23.5 Å². The molecule has 2 N–H and O–H groups in total. The lowest BCUT2D eigenvalue weighted by atomic mass is 10.2. The van der Waals surface area contributed by atoms with Crippen LogP contribution < -0.4 is 15.4 Å². The van der Waals surface area contributed by atoms with Gasteiger partial charge in [-0.1, -0.05) is 11.8 Å². The number of ether oxygens (including phenoxy) is 1. The fourth-order valence-corrected chi connectivity index (χ4v) is 3.82. The summed E-state index contributed by atoms with van der Waals surface area (Å²) < 4.78 is 7.03. The number of nitro groups is 1. The van der Waals surface area contributed by atoms with E-state index in [9.17, 15) is 19.7 Å². The number of carbonyl (C=O) groups is 2. The molecule has 0 spiro atoms. The van der Waals surface area contributed by atoms with Crippen LogP contribution >= 0.6 is 11.8 Å². The molecule has 3 rings (SSSR count). The SMILES string of the molecule is CCn1c(SCC(=O)Nc2ccc([N+](=O)[O-])cc2OC)nnc1-c1ccc(NC(C)=O)cc1. The van der Waals surface area contributed by atoms with E-state index in [-0.39, 0.29) is 29.0 Å². The van der Waals surface area contributed by atoms with Crippen LogP contribution in [0.25, 0.3) is 11.4 Å². The average Bonchev–Trinajstić information content (AvgIpc) is 3.20. The predicted molar refractivity (Wildman–Crippen MR) is 124 cm³/mol. The molecule has 1 aromatic heterocycles. The van der Waals surface area contributed by atoms with Gasteiger partial charge in [-0.05, 0) is 37.3 Å². The fraction of sp³-hybridized carbons (Fsp3) is 0.238. The van der Waals surface area contributed by atoms with E-state index in [1.54, 1.807) is 12.1 Å². The molecule has 0 bridgehead atoms. The lowest BCUT2D eigenvalue weighted by Gasteiger charge is -2.10. The molecule has 1 heterocycles. The zero-order chi connectivity index (χ0) is 24.0. The Bertz CT molecular complexity index is 1180. The van der Waals surface area contributed by atoms with Crippen molar-refractivity contribution in [1.82, 2.24) is 14.8 Å². The average molecular weight is 471 g/mol. The van der Waals surface area contributed by atoms with Gasteiger partial charge in [-0.2, -0.15) is 0 Å². The minimum Gasteiger partial charge on any atom is -0.494 e. The van der Waals surface area contributed by atoms with Gasteiger partial charge in [-0.25, -0.2) is 0 Å². The van der Waals surface area contributed by atoms with Gasteiger partial charge in [-0.3, -0.25) is 19.7 Å². The second-order valence-corrected chi connectivity index (χ2v) is 7.73. The van der Waals surface area contributed by atoms with Crippen LogP contribution in [-0.2, 0) is 16.1 Å². The van der Waals surface area contributed by atoms with Crippen molar-refractivity contribution < 1.29 is 19.2 Å². The third-order valence-corrected chi connectivity index (χ3v) is 5.47. The van der Waals surface area contributed by atoms with Crippen LogP contribution in [0.3, 0.4) is 0 Å². The van der Waals surface area contributed by atoms with Crippen LogP contribution in [0, 0.1) is 10.1 Å². The highest BCUT2D eigenvalue weighted by Crippen LogP contribution is 2.30. The molecule has 11 nitrogen and oxygen atoms in total. The molecule has 0 saturated heterocycles. The molecule has 12 heteroatoms. The van der Waals surface area contributed by atoms with Gasteiger partial charge in [0, 0.05) is 30.8 Å². The van der Waals surface area contributed by atoms with Gasteiger partial charge in [0.1, 0.15) is 5.75 Å². The molecule has 3 aromatic rings. The van der Waals surface area contributed by atoms with Gasteiger partial charge in [0.15, 0.2) is 11.0 Å². The second kappa shape index (κ2) is 10.6. The number of nitrogens with zero attached hydrogens (tertiary/aromatic N) is 4. The predicted octanol–water partition coefficient (Wildman–Crippen LogP) is 3.57. The highest BCUT2D eigenvalue weighted by molar-refractivity contribution is 7.99. The van der Waals surface area contributed by atoms with Crippen LogP contribution in [0.2, 0.25) is 0 Å². The van der Waals surface area contributed by atoms with E-state index in [1.807, 2.05) is 23.6 Å². The third kappa shape index (κ3) is 5.86. The number of nitro benzene ring substituents is 1. The molecule has 33 heavy (non-hydrogen) atoms. The van der Waals surface area contributed by atoms with E-state index < -0.39 is 4.92 Å². The Morgan fingerprint density at radius 3 is 2.48 bits per heavy atom. The quantitative estimate of drug-likeness (QED) is 0.275. The molecule has 0 fully saturated rings. The highest BCUT2D eigenvalue weighted by Gasteiger charge is 2.17. The molecule has 2 amide bonds. The maximum absolute atomic E-state index is 12.5. The second-order valence-electron chi connectivity index (χ2n) is 6.79. The van der Waals surface area contributed by atoms with Crippen molar-refractivity contribution in [2.24, 2.45) is 0 Å². The van der Waals surface area contributed by atoms with E-state index in [1.165, 1.54) is 44.0 Å². The van der Waals surface area contributed by atoms with Gasteiger partial charge in [-0.15, -0.1) is 10.2 Å².